The highest BCUT2D eigenvalue weighted by atomic mass is 16.5. The molecule has 152 valence electrons. The fourth-order valence-corrected chi connectivity index (χ4v) is 3.78. The van der Waals surface area contributed by atoms with Gasteiger partial charge in [0, 0.05) is 23.7 Å². The lowest BCUT2D eigenvalue weighted by Crippen LogP contribution is -2.30. The normalized spacial score (nSPS) is 12.7. The summed E-state index contributed by atoms with van der Waals surface area (Å²) in [5, 5.41) is 2.03. The maximum Gasteiger partial charge on any atom is 0.254 e. The van der Waals surface area contributed by atoms with E-state index in [4.69, 9.17) is 15.2 Å². The lowest BCUT2D eigenvalue weighted by Gasteiger charge is -2.15. The van der Waals surface area contributed by atoms with Gasteiger partial charge in [-0.2, -0.15) is 0 Å². The molecule has 1 heterocycles. The number of ether oxygens (including phenoxy) is 2. The number of amides is 2. The molecule has 3 aromatic carbocycles. The second kappa shape index (κ2) is 7.55. The molecule has 2 amide bonds. The van der Waals surface area contributed by atoms with Gasteiger partial charge in [0.15, 0.2) is 0 Å². The highest BCUT2D eigenvalue weighted by Crippen LogP contribution is 2.35. The Balaban J connectivity index is 1.78. The quantitative estimate of drug-likeness (QED) is 0.640. The van der Waals surface area contributed by atoms with Gasteiger partial charge in [-0.1, -0.05) is 24.8 Å². The van der Waals surface area contributed by atoms with Crippen LogP contribution in [0.1, 0.15) is 15.9 Å². The van der Waals surface area contributed by atoms with Crippen LogP contribution in [0.25, 0.3) is 21.9 Å². The topological polar surface area (TPSA) is 81.9 Å². The number of methoxy groups -OCH3 is 2. The summed E-state index contributed by atoms with van der Waals surface area (Å²) in [5.41, 5.74) is 9.02. The van der Waals surface area contributed by atoms with Gasteiger partial charge >= 0.3 is 0 Å². The molecule has 4 rings (SSSR count). The number of primary amides is 1. The van der Waals surface area contributed by atoms with Crippen LogP contribution in [0, 0.1) is 0 Å². The Morgan fingerprint density at radius 1 is 1.03 bits per heavy atom. The average Bonchev–Trinajstić information content (AvgIpc) is 3.08. The molecule has 0 saturated heterocycles. The van der Waals surface area contributed by atoms with Crippen molar-refractivity contribution in [3.8, 4) is 22.6 Å². The van der Waals surface area contributed by atoms with Gasteiger partial charge in [-0.3, -0.25) is 9.59 Å². The first-order valence-corrected chi connectivity index (χ1v) is 9.47. The fraction of sp³-hybridized carbons (Fsp3) is 0.167. The molecule has 0 spiro atoms. The standard InChI is InChI=1S/C24H22N2O4/c1-14(23(25)27)12-26-13-22-20(24(26)28)7-6-15-4-5-16(10-21(15)22)17-8-18(29-2)11-19(9-17)30-3/h4-11H,1,12-13H2,2-3H3,(H2,25,27). The van der Waals surface area contributed by atoms with Crippen LogP contribution >= 0.6 is 0 Å². The van der Waals surface area contributed by atoms with Gasteiger partial charge < -0.3 is 20.1 Å². The number of benzene rings is 3. The maximum atomic E-state index is 12.8. The molecular formula is C24H22N2O4. The minimum atomic E-state index is -0.599. The molecule has 1 aliphatic heterocycles. The summed E-state index contributed by atoms with van der Waals surface area (Å²) >= 11 is 0. The molecule has 0 fully saturated rings. The predicted molar refractivity (Wildman–Crippen MR) is 116 cm³/mol. The third kappa shape index (κ3) is 3.37. The largest absolute Gasteiger partial charge is 0.497 e. The summed E-state index contributed by atoms with van der Waals surface area (Å²) in [6, 6.07) is 15.6. The summed E-state index contributed by atoms with van der Waals surface area (Å²) in [6.45, 7) is 4.20. The number of carbonyl (C=O) groups excluding carboxylic acids is 2. The summed E-state index contributed by atoms with van der Waals surface area (Å²) < 4.78 is 10.8. The average molecular weight is 402 g/mol. The third-order valence-electron chi connectivity index (χ3n) is 5.41. The van der Waals surface area contributed by atoms with E-state index in [1.165, 1.54) is 0 Å². The number of nitrogens with zero attached hydrogens (tertiary/aromatic N) is 1. The van der Waals surface area contributed by atoms with Crippen LogP contribution in [0.15, 0.2) is 60.7 Å². The second-order valence-electron chi connectivity index (χ2n) is 7.26. The second-order valence-corrected chi connectivity index (χ2v) is 7.26. The van der Waals surface area contributed by atoms with Crippen molar-refractivity contribution in [3.05, 3.63) is 71.8 Å². The lowest BCUT2D eigenvalue weighted by atomic mass is 9.96. The monoisotopic (exact) mass is 402 g/mol. The minimum Gasteiger partial charge on any atom is -0.497 e. The smallest absolute Gasteiger partial charge is 0.254 e. The highest BCUT2D eigenvalue weighted by Gasteiger charge is 2.29. The number of hydrogen-bond donors (Lipinski definition) is 1. The van der Waals surface area contributed by atoms with Crippen LogP contribution in [-0.2, 0) is 11.3 Å². The molecule has 0 atom stereocenters. The zero-order valence-corrected chi connectivity index (χ0v) is 16.9. The van der Waals surface area contributed by atoms with Crippen molar-refractivity contribution >= 4 is 22.6 Å². The first-order chi connectivity index (χ1) is 14.4. The lowest BCUT2D eigenvalue weighted by molar-refractivity contribution is -0.114. The Morgan fingerprint density at radius 2 is 1.70 bits per heavy atom. The molecule has 0 aliphatic carbocycles. The van der Waals surface area contributed by atoms with Crippen LogP contribution in [0.2, 0.25) is 0 Å². The van der Waals surface area contributed by atoms with Crippen molar-refractivity contribution in [2.45, 2.75) is 6.54 Å². The number of hydrogen-bond acceptors (Lipinski definition) is 4. The summed E-state index contributed by atoms with van der Waals surface area (Å²) in [6.07, 6.45) is 0. The molecule has 3 aromatic rings. The van der Waals surface area contributed by atoms with Gasteiger partial charge in [-0.15, -0.1) is 0 Å². The summed E-state index contributed by atoms with van der Waals surface area (Å²) in [4.78, 5) is 25.8. The van der Waals surface area contributed by atoms with E-state index >= 15 is 0 Å². The number of nitrogens with two attached hydrogens (primary N) is 1. The maximum absolute atomic E-state index is 12.8. The van der Waals surface area contributed by atoms with E-state index in [2.05, 4.69) is 12.6 Å². The Hall–Kier alpha value is -3.80. The van der Waals surface area contributed by atoms with E-state index < -0.39 is 5.91 Å². The van der Waals surface area contributed by atoms with E-state index in [-0.39, 0.29) is 18.0 Å². The van der Waals surface area contributed by atoms with E-state index in [1.807, 2.05) is 42.5 Å². The SMILES string of the molecule is C=C(CN1Cc2c(ccc3ccc(-c4cc(OC)cc(OC)c4)cc23)C1=O)C(N)=O. The van der Waals surface area contributed by atoms with Crippen LogP contribution in [-0.4, -0.2) is 37.5 Å². The van der Waals surface area contributed by atoms with Crippen LogP contribution in [0.5, 0.6) is 11.5 Å². The van der Waals surface area contributed by atoms with Crippen LogP contribution < -0.4 is 15.2 Å². The Bertz CT molecular complexity index is 1180. The Kier molecular flexibility index (Phi) is 4.91. The number of fused-ring (bicyclic) bond motifs is 3. The Labute approximate surface area is 174 Å². The molecule has 0 bridgehead atoms. The first-order valence-electron chi connectivity index (χ1n) is 9.47. The van der Waals surface area contributed by atoms with Crippen molar-refractivity contribution in [2.75, 3.05) is 20.8 Å². The van der Waals surface area contributed by atoms with Crippen LogP contribution in [0.3, 0.4) is 0 Å². The van der Waals surface area contributed by atoms with Gasteiger partial charge in [0.25, 0.3) is 5.91 Å². The van der Waals surface area contributed by atoms with Crippen molar-refractivity contribution in [2.24, 2.45) is 5.73 Å². The zero-order chi connectivity index (χ0) is 21.4. The highest BCUT2D eigenvalue weighted by molar-refractivity contribution is 6.05. The molecule has 0 aromatic heterocycles. The number of rotatable bonds is 6. The van der Waals surface area contributed by atoms with Gasteiger partial charge in [-0.25, -0.2) is 0 Å². The number of carbonyl (C=O) groups is 2. The van der Waals surface area contributed by atoms with E-state index in [9.17, 15) is 9.59 Å². The molecule has 2 N–H and O–H groups in total. The molecule has 30 heavy (non-hydrogen) atoms. The van der Waals surface area contributed by atoms with E-state index in [1.54, 1.807) is 19.1 Å². The van der Waals surface area contributed by atoms with Crippen molar-refractivity contribution in [1.29, 1.82) is 0 Å². The van der Waals surface area contributed by atoms with Gasteiger partial charge in [0.1, 0.15) is 11.5 Å². The first kappa shape index (κ1) is 19.5. The fourth-order valence-electron chi connectivity index (χ4n) is 3.78. The zero-order valence-electron chi connectivity index (χ0n) is 16.9. The van der Waals surface area contributed by atoms with E-state index in [0.717, 1.165) is 27.5 Å². The van der Waals surface area contributed by atoms with Crippen molar-refractivity contribution < 1.29 is 19.1 Å². The Morgan fingerprint density at radius 3 is 2.33 bits per heavy atom. The van der Waals surface area contributed by atoms with Gasteiger partial charge in [-0.05, 0) is 51.7 Å². The summed E-state index contributed by atoms with van der Waals surface area (Å²) in [5.74, 6) is 0.684. The minimum absolute atomic E-state index is 0.122. The molecule has 0 unspecified atom stereocenters. The molecule has 6 heteroatoms. The van der Waals surface area contributed by atoms with Crippen molar-refractivity contribution in [1.82, 2.24) is 4.90 Å². The third-order valence-corrected chi connectivity index (χ3v) is 5.41. The van der Waals surface area contributed by atoms with Crippen molar-refractivity contribution in [3.63, 3.8) is 0 Å². The summed E-state index contributed by atoms with van der Waals surface area (Å²) in [7, 11) is 3.23. The van der Waals surface area contributed by atoms with E-state index in [0.29, 0.717) is 23.6 Å². The molecule has 6 nitrogen and oxygen atoms in total. The molecular weight excluding hydrogens is 380 g/mol. The van der Waals surface area contributed by atoms with Crippen LogP contribution in [0.4, 0.5) is 0 Å². The van der Waals surface area contributed by atoms with Gasteiger partial charge in [0.2, 0.25) is 5.91 Å². The molecule has 0 radical (unpaired) electrons. The predicted octanol–water partition coefficient (Wildman–Crippen LogP) is 3.52. The molecule has 0 saturated carbocycles. The van der Waals surface area contributed by atoms with Gasteiger partial charge in [0.05, 0.1) is 20.8 Å². The molecule has 1 aliphatic rings.